The highest BCUT2D eigenvalue weighted by atomic mass is 32.2. The molecule has 0 unspecified atom stereocenters. The van der Waals surface area contributed by atoms with Gasteiger partial charge in [0.15, 0.2) is 9.84 Å². The number of ether oxygens (including phenoxy) is 1. The standard InChI is InChI=1S/C28H28N2O3S/c1-22-15-26(21-34(31,32)28-5-3-2-4-6-28)17-27(16-22)33-20-25-9-7-23(8-10-25)18-30-19-24-11-13-29-14-12-24/h2-17,30H,18-21H2,1H3. The maximum atomic E-state index is 12.7. The molecule has 5 nitrogen and oxygen atoms in total. The number of nitrogens with one attached hydrogen (secondary N) is 1. The van der Waals surface area contributed by atoms with Crippen molar-refractivity contribution in [3.8, 4) is 5.75 Å². The van der Waals surface area contributed by atoms with Crippen molar-refractivity contribution in [3.05, 3.63) is 125 Å². The normalized spacial score (nSPS) is 11.3. The Hall–Kier alpha value is -3.48. The van der Waals surface area contributed by atoms with Gasteiger partial charge in [0.05, 0.1) is 10.6 Å². The summed E-state index contributed by atoms with van der Waals surface area (Å²) in [6.07, 6.45) is 3.59. The first kappa shape index (κ1) is 23.7. The number of nitrogens with zero attached hydrogens (tertiary/aromatic N) is 1. The fraction of sp³-hybridized carbons (Fsp3) is 0.179. The number of hydrogen-bond donors (Lipinski definition) is 1. The maximum Gasteiger partial charge on any atom is 0.182 e. The summed E-state index contributed by atoms with van der Waals surface area (Å²) in [5.41, 5.74) is 5.13. The van der Waals surface area contributed by atoms with Gasteiger partial charge in [-0.3, -0.25) is 4.98 Å². The Morgan fingerprint density at radius 2 is 1.41 bits per heavy atom. The van der Waals surface area contributed by atoms with Crippen molar-refractivity contribution in [2.45, 2.75) is 37.3 Å². The Kier molecular flexibility index (Phi) is 7.72. The molecule has 0 radical (unpaired) electrons. The van der Waals surface area contributed by atoms with E-state index in [1.165, 1.54) is 11.1 Å². The summed E-state index contributed by atoms with van der Waals surface area (Å²) < 4.78 is 31.5. The Labute approximate surface area is 201 Å². The van der Waals surface area contributed by atoms with E-state index >= 15 is 0 Å². The molecule has 4 rings (SSSR count). The fourth-order valence-corrected chi connectivity index (χ4v) is 5.04. The molecule has 0 spiro atoms. The first-order valence-electron chi connectivity index (χ1n) is 11.2. The molecule has 34 heavy (non-hydrogen) atoms. The van der Waals surface area contributed by atoms with Crippen LogP contribution in [0.5, 0.6) is 5.75 Å². The zero-order valence-corrected chi connectivity index (χ0v) is 20.0. The van der Waals surface area contributed by atoms with E-state index in [9.17, 15) is 8.42 Å². The predicted molar refractivity (Wildman–Crippen MR) is 134 cm³/mol. The lowest BCUT2D eigenvalue weighted by Crippen LogP contribution is -2.12. The van der Waals surface area contributed by atoms with Crippen molar-refractivity contribution < 1.29 is 13.2 Å². The minimum atomic E-state index is -3.41. The Morgan fingerprint density at radius 3 is 2.12 bits per heavy atom. The Morgan fingerprint density at radius 1 is 0.765 bits per heavy atom. The highest BCUT2D eigenvalue weighted by Gasteiger charge is 2.15. The summed E-state index contributed by atoms with van der Waals surface area (Å²) in [6, 6.07) is 26.5. The van der Waals surface area contributed by atoms with Crippen molar-refractivity contribution in [3.63, 3.8) is 0 Å². The molecule has 0 aliphatic heterocycles. The molecule has 0 bridgehead atoms. The van der Waals surface area contributed by atoms with E-state index in [1.54, 1.807) is 36.7 Å². The molecule has 6 heteroatoms. The molecule has 0 fully saturated rings. The van der Waals surface area contributed by atoms with Gasteiger partial charge < -0.3 is 10.1 Å². The van der Waals surface area contributed by atoms with Crippen LogP contribution >= 0.6 is 0 Å². The van der Waals surface area contributed by atoms with Gasteiger partial charge in [-0.05, 0) is 71.1 Å². The monoisotopic (exact) mass is 472 g/mol. The molecule has 0 amide bonds. The van der Waals surface area contributed by atoms with Crippen LogP contribution in [0.4, 0.5) is 0 Å². The molecule has 0 aliphatic rings. The smallest absolute Gasteiger partial charge is 0.182 e. The van der Waals surface area contributed by atoms with Crippen molar-refractivity contribution in [1.29, 1.82) is 0 Å². The summed E-state index contributed by atoms with van der Waals surface area (Å²) in [6.45, 7) is 3.93. The summed E-state index contributed by atoms with van der Waals surface area (Å²) in [5.74, 6) is 0.609. The second-order valence-corrected chi connectivity index (χ2v) is 10.3. The van der Waals surface area contributed by atoms with Gasteiger partial charge >= 0.3 is 0 Å². The van der Waals surface area contributed by atoms with Gasteiger partial charge in [-0.2, -0.15) is 0 Å². The molecule has 1 aromatic heterocycles. The maximum absolute atomic E-state index is 12.7. The predicted octanol–water partition coefficient (Wildman–Crippen LogP) is 5.23. The molecule has 4 aromatic rings. The minimum absolute atomic E-state index is 0.0593. The summed E-state index contributed by atoms with van der Waals surface area (Å²) >= 11 is 0. The van der Waals surface area contributed by atoms with Crippen LogP contribution in [-0.4, -0.2) is 13.4 Å². The van der Waals surface area contributed by atoms with Crippen LogP contribution < -0.4 is 10.1 Å². The average Bonchev–Trinajstić information content (AvgIpc) is 2.84. The summed E-state index contributed by atoms with van der Waals surface area (Å²) in [4.78, 5) is 4.36. The zero-order chi connectivity index (χ0) is 23.8. The highest BCUT2D eigenvalue weighted by molar-refractivity contribution is 7.90. The SMILES string of the molecule is Cc1cc(CS(=O)(=O)c2ccccc2)cc(OCc2ccc(CNCc3ccncc3)cc2)c1. The van der Waals surface area contributed by atoms with Gasteiger partial charge in [0.2, 0.25) is 0 Å². The first-order valence-corrected chi connectivity index (χ1v) is 12.8. The molecular formula is C28H28N2O3S. The number of aryl methyl sites for hydroxylation is 1. The molecule has 0 saturated heterocycles. The van der Waals surface area contributed by atoms with E-state index in [1.807, 2.05) is 43.3 Å². The second kappa shape index (κ2) is 11.1. The number of benzene rings is 3. The van der Waals surface area contributed by atoms with Crippen LogP contribution in [0.1, 0.15) is 27.8 Å². The third-order valence-electron chi connectivity index (χ3n) is 5.41. The van der Waals surface area contributed by atoms with Crippen LogP contribution in [0.25, 0.3) is 0 Å². The van der Waals surface area contributed by atoms with Crippen LogP contribution in [0.3, 0.4) is 0 Å². The van der Waals surface area contributed by atoms with Gasteiger partial charge in [-0.15, -0.1) is 0 Å². The van der Waals surface area contributed by atoms with E-state index in [-0.39, 0.29) is 5.75 Å². The third kappa shape index (κ3) is 6.76. The molecule has 0 aliphatic carbocycles. The number of pyridine rings is 1. The topological polar surface area (TPSA) is 68.3 Å². The van der Waals surface area contributed by atoms with Crippen molar-refractivity contribution in [2.24, 2.45) is 0 Å². The first-order chi connectivity index (χ1) is 16.5. The molecule has 0 atom stereocenters. The van der Waals surface area contributed by atoms with Gasteiger partial charge in [0.25, 0.3) is 0 Å². The molecule has 1 heterocycles. The van der Waals surface area contributed by atoms with Crippen molar-refractivity contribution >= 4 is 9.84 Å². The average molecular weight is 473 g/mol. The van der Waals surface area contributed by atoms with Crippen LogP contribution in [0.15, 0.2) is 102 Å². The number of rotatable bonds is 10. The fourth-order valence-electron chi connectivity index (χ4n) is 3.69. The van der Waals surface area contributed by atoms with Crippen molar-refractivity contribution in [1.82, 2.24) is 10.3 Å². The van der Waals surface area contributed by atoms with Gasteiger partial charge in [-0.1, -0.05) is 48.5 Å². The van der Waals surface area contributed by atoms with Gasteiger partial charge in [-0.25, -0.2) is 8.42 Å². The van der Waals surface area contributed by atoms with Crippen LogP contribution in [0.2, 0.25) is 0 Å². The second-order valence-electron chi connectivity index (χ2n) is 8.29. The molecule has 174 valence electrons. The minimum Gasteiger partial charge on any atom is -0.489 e. The molecule has 3 aromatic carbocycles. The van der Waals surface area contributed by atoms with E-state index in [4.69, 9.17) is 4.74 Å². The van der Waals surface area contributed by atoms with Crippen molar-refractivity contribution in [2.75, 3.05) is 0 Å². The Bertz CT molecular complexity index is 1310. The van der Waals surface area contributed by atoms with Crippen LogP contribution in [-0.2, 0) is 35.3 Å². The highest BCUT2D eigenvalue weighted by Crippen LogP contribution is 2.23. The largest absolute Gasteiger partial charge is 0.489 e. The number of hydrogen-bond acceptors (Lipinski definition) is 5. The lowest BCUT2D eigenvalue weighted by Gasteiger charge is -2.11. The molecular weight excluding hydrogens is 444 g/mol. The lowest BCUT2D eigenvalue weighted by molar-refractivity contribution is 0.306. The number of sulfone groups is 1. The van der Waals surface area contributed by atoms with E-state index < -0.39 is 9.84 Å². The van der Waals surface area contributed by atoms with Gasteiger partial charge in [0, 0.05) is 25.5 Å². The lowest BCUT2D eigenvalue weighted by atomic mass is 10.1. The third-order valence-corrected chi connectivity index (χ3v) is 7.11. The zero-order valence-electron chi connectivity index (χ0n) is 19.1. The van der Waals surface area contributed by atoms with E-state index in [2.05, 4.69) is 34.6 Å². The molecule has 1 N–H and O–H groups in total. The summed E-state index contributed by atoms with van der Waals surface area (Å²) in [7, 11) is -3.41. The van der Waals surface area contributed by atoms with E-state index in [0.29, 0.717) is 17.3 Å². The van der Waals surface area contributed by atoms with E-state index in [0.717, 1.165) is 29.8 Å². The Balaban J connectivity index is 1.33. The summed E-state index contributed by atoms with van der Waals surface area (Å²) in [5, 5.41) is 3.43. The van der Waals surface area contributed by atoms with Gasteiger partial charge in [0.1, 0.15) is 12.4 Å². The quantitative estimate of drug-likeness (QED) is 0.342. The number of aromatic nitrogens is 1. The molecule has 0 saturated carbocycles. The van der Waals surface area contributed by atoms with Crippen LogP contribution in [0, 0.1) is 6.92 Å².